The lowest BCUT2D eigenvalue weighted by Crippen LogP contribution is -2.22. The summed E-state index contributed by atoms with van der Waals surface area (Å²) < 4.78 is 4.93. The van der Waals surface area contributed by atoms with Gasteiger partial charge in [0.2, 0.25) is 0 Å². The predicted octanol–water partition coefficient (Wildman–Crippen LogP) is 2.91. The molecule has 2 aromatic rings. The second-order valence-corrected chi connectivity index (χ2v) is 5.51. The van der Waals surface area contributed by atoms with Crippen molar-refractivity contribution in [1.29, 1.82) is 5.41 Å². The number of anilines is 1. The van der Waals surface area contributed by atoms with Crippen LogP contribution in [0.5, 0.6) is 0 Å². The second-order valence-electron chi connectivity index (χ2n) is 5.51. The first-order valence-electron chi connectivity index (χ1n) is 7.27. The summed E-state index contributed by atoms with van der Waals surface area (Å²) in [5.41, 5.74) is 9.86. The number of nitrogens with one attached hydrogen (secondary N) is 2. The average molecular weight is 311 g/mol. The average Bonchev–Trinajstić information content (AvgIpc) is 2.51. The van der Waals surface area contributed by atoms with Gasteiger partial charge in [-0.15, -0.1) is 0 Å². The van der Waals surface area contributed by atoms with E-state index in [-0.39, 0.29) is 11.8 Å². The molecule has 120 valence electrons. The Morgan fingerprint density at radius 2 is 1.70 bits per heavy atom. The Morgan fingerprint density at radius 3 is 2.17 bits per heavy atom. The molecule has 0 bridgehead atoms. The van der Waals surface area contributed by atoms with Crippen LogP contribution in [0.25, 0.3) is 0 Å². The summed E-state index contributed by atoms with van der Waals surface area (Å²) in [7, 11) is 1.37. The number of carbonyl (C=O) groups is 1. The minimum Gasteiger partial charge on any atom is -0.467 e. The van der Waals surface area contributed by atoms with Crippen molar-refractivity contribution in [2.75, 3.05) is 12.4 Å². The summed E-state index contributed by atoms with van der Waals surface area (Å²) in [6.45, 7) is 3.99. The molecular formula is C18H21N3O2. The van der Waals surface area contributed by atoms with Crippen molar-refractivity contribution >= 4 is 17.5 Å². The zero-order valence-electron chi connectivity index (χ0n) is 13.5. The van der Waals surface area contributed by atoms with E-state index < -0.39 is 6.04 Å². The topological polar surface area (TPSA) is 88.2 Å². The maximum absolute atomic E-state index is 12.2. The normalized spacial score (nSPS) is 11.6. The van der Waals surface area contributed by atoms with Crippen molar-refractivity contribution in [3.8, 4) is 0 Å². The van der Waals surface area contributed by atoms with Crippen LogP contribution in [0.2, 0.25) is 0 Å². The third kappa shape index (κ3) is 4.10. The number of ether oxygens (including phenoxy) is 1. The standard InChI is InChI=1S/C18H21N3O2/c1-11-8-12(2)10-14(9-11)16(18(22)23-3)21-15-6-4-13(5-7-15)17(19)20/h4-10,16,21H,1-3H3,(H3,19,20). The number of rotatable bonds is 5. The molecule has 0 radical (unpaired) electrons. The summed E-state index contributed by atoms with van der Waals surface area (Å²) in [5.74, 6) is -0.346. The van der Waals surface area contributed by atoms with Crippen molar-refractivity contribution in [2.45, 2.75) is 19.9 Å². The quantitative estimate of drug-likeness (QED) is 0.450. The first-order valence-corrected chi connectivity index (χ1v) is 7.27. The fourth-order valence-electron chi connectivity index (χ4n) is 2.49. The second kappa shape index (κ2) is 6.96. The molecule has 0 aromatic heterocycles. The number of esters is 1. The molecule has 0 aliphatic heterocycles. The fraction of sp³-hybridized carbons (Fsp3) is 0.222. The summed E-state index contributed by atoms with van der Waals surface area (Å²) in [5, 5.41) is 10.6. The molecule has 2 aromatic carbocycles. The van der Waals surface area contributed by atoms with Gasteiger partial charge in [0, 0.05) is 11.3 Å². The van der Waals surface area contributed by atoms with Gasteiger partial charge in [-0.1, -0.05) is 29.3 Å². The van der Waals surface area contributed by atoms with Gasteiger partial charge in [0.1, 0.15) is 5.84 Å². The summed E-state index contributed by atoms with van der Waals surface area (Å²) >= 11 is 0. The smallest absolute Gasteiger partial charge is 0.332 e. The van der Waals surface area contributed by atoms with E-state index in [0.717, 1.165) is 22.4 Å². The number of benzene rings is 2. The number of amidine groups is 1. The molecule has 0 heterocycles. The highest BCUT2D eigenvalue weighted by molar-refractivity contribution is 5.95. The molecule has 4 N–H and O–H groups in total. The summed E-state index contributed by atoms with van der Waals surface area (Å²) in [6, 6.07) is 12.4. The summed E-state index contributed by atoms with van der Waals surface area (Å²) in [4.78, 5) is 12.2. The zero-order valence-corrected chi connectivity index (χ0v) is 13.5. The zero-order chi connectivity index (χ0) is 17.0. The van der Waals surface area contributed by atoms with E-state index >= 15 is 0 Å². The van der Waals surface area contributed by atoms with Crippen LogP contribution < -0.4 is 11.1 Å². The van der Waals surface area contributed by atoms with Gasteiger partial charge >= 0.3 is 5.97 Å². The molecule has 0 spiro atoms. The SMILES string of the molecule is COC(=O)C(Nc1ccc(C(=N)N)cc1)c1cc(C)cc(C)c1. The molecule has 2 rings (SSSR count). The van der Waals surface area contributed by atoms with Gasteiger partial charge in [0.05, 0.1) is 7.11 Å². The minimum atomic E-state index is -0.596. The minimum absolute atomic E-state index is 0.00961. The van der Waals surface area contributed by atoms with E-state index in [2.05, 4.69) is 11.4 Å². The Labute approximate surface area is 136 Å². The van der Waals surface area contributed by atoms with Crippen LogP contribution in [0.3, 0.4) is 0 Å². The molecule has 5 heteroatoms. The largest absolute Gasteiger partial charge is 0.467 e. The van der Waals surface area contributed by atoms with E-state index in [9.17, 15) is 4.79 Å². The van der Waals surface area contributed by atoms with Crippen molar-refractivity contribution in [1.82, 2.24) is 0 Å². The van der Waals surface area contributed by atoms with E-state index in [1.54, 1.807) is 24.3 Å². The molecule has 0 saturated carbocycles. The molecule has 1 unspecified atom stereocenters. The van der Waals surface area contributed by atoms with Crippen LogP contribution in [0.15, 0.2) is 42.5 Å². The fourth-order valence-corrected chi connectivity index (χ4v) is 2.49. The molecule has 0 fully saturated rings. The van der Waals surface area contributed by atoms with E-state index in [4.69, 9.17) is 15.9 Å². The highest BCUT2D eigenvalue weighted by atomic mass is 16.5. The maximum atomic E-state index is 12.2. The highest BCUT2D eigenvalue weighted by Gasteiger charge is 2.21. The number of nitrogens with two attached hydrogens (primary N) is 1. The van der Waals surface area contributed by atoms with Crippen LogP contribution in [0.4, 0.5) is 5.69 Å². The Hall–Kier alpha value is -2.82. The Morgan fingerprint density at radius 1 is 1.13 bits per heavy atom. The lowest BCUT2D eigenvalue weighted by atomic mass is 10.0. The number of hydrogen-bond acceptors (Lipinski definition) is 4. The van der Waals surface area contributed by atoms with E-state index in [0.29, 0.717) is 5.56 Å². The Bertz CT molecular complexity index is 703. The number of methoxy groups -OCH3 is 1. The van der Waals surface area contributed by atoms with Gasteiger partial charge in [-0.25, -0.2) is 4.79 Å². The molecular weight excluding hydrogens is 290 g/mol. The van der Waals surface area contributed by atoms with Crippen LogP contribution in [0, 0.1) is 19.3 Å². The molecule has 0 saturated heterocycles. The number of nitrogen functional groups attached to an aromatic ring is 1. The van der Waals surface area contributed by atoms with Crippen LogP contribution in [-0.4, -0.2) is 18.9 Å². The maximum Gasteiger partial charge on any atom is 0.332 e. The van der Waals surface area contributed by atoms with Gasteiger partial charge in [0.25, 0.3) is 0 Å². The Balaban J connectivity index is 2.32. The third-order valence-electron chi connectivity index (χ3n) is 3.52. The predicted molar refractivity (Wildman–Crippen MR) is 91.8 cm³/mol. The monoisotopic (exact) mass is 311 g/mol. The van der Waals surface area contributed by atoms with E-state index in [1.807, 2.05) is 26.0 Å². The van der Waals surface area contributed by atoms with E-state index in [1.165, 1.54) is 7.11 Å². The highest BCUT2D eigenvalue weighted by Crippen LogP contribution is 2.23. The van der Waals surface area contributed by atoms with Crippen molar-refractivity contribution in [2.24, 2.45) is 5.73 Å². The van der Waals surface area contributed by atoms with Gasteiger partial charge in [-0.2, -0.15) is 0 Å². The molecule has 0 amide bonds. The van der Waals surface area contributed by atoms with Crippen molar-refractivity contribution in [3.05, 3.63) is 64.7 Å². The Kier molecular flexibility index (Phi) is 5.01. The van der Waals surface area contributed by atoms with Gasteiger partial charge in [0.15, 0.2) is 6.04 Å². The molecule has 5 nitrogen and oxygen atoms in total. The molecule has 23 heavy (non-hydrogen) atoms. The molecule has 0 aliphatic rings. The van der Waals surface area contributed by atoms with Gasteiger partial charge in [-0.05, 0) is 43.7 Å². The van der Waals surface area contributed by atoms with Crippen molar-refractivity contribution in [3.63, 3.8) is 0 Å². The van der Waals surface area contributed by atoms with Crippen LogP contribution in [-0.2, 0) is 9.53 Å². The first-order chi connectivity index (χ1) is 10.9. The molecule has 1 atom stereocenters. The lowest BCUT2D eigenvalue weighted by Gasteiger charge is -2.19. The van der Waals surface area contributed by atoms with Crippen molar-refractivity contribution < 1.29 is 9.53 Å². The summed E-state index contributed by atoms with van der Waals surface area (Å²) in [6.07, 6.45) is 0. The number of aryl methyl sites for hydroxylation is 2. The number of carbonyl (C=O) groups excluding carboxylic acids is 1. The van der Waals surface area contributed by atoms with Crippen LogP contribution >= 0.6 is 0 Å². The third-order valence-corrected chi connectivity index (χ3v) is 3.52. The van der Waals surface area contributed by atoms with Gasteiger partial charge in [-0.3, -0.25) is 5.41 Å². The first kappa shape index (κ1) is 16.5. The van der Waals surface area contributed by atoms with Crippen LogP contribution in [0.1, 0.15) is 28.3 Å². The van der Waals surface area contributed by atoms with Gasteiger partial charge < -0.3 is 15.8 Å². The molecule has 0 aliphatic carbocycles. The number of hydrogen-bond donors (Lipinski definition) is 3. The lowest BCUT2D eigenvalue weighted by molar-refractivity contribution is -0.141.